The summed E-state index contributed by atoms with van der Waals surface area (Å²) < 4.78 is 7.34. The van der Waals surface area contributed by atoms with E-state index in [-0.39, 0.29) is 11.8 Å². The van der Waals surface area contributed by atoms with Crippen molar-refractivity contribution in [3.63, 3.8) is 0 Å². The molecule has 1 aliphatic heterocycles. The molecule has 0 unspecified atom stereocenters. The number of nitriles is 1. The number of carbonyl (C=O) groups is 2. The number of hydrogen-bond donors (Lipinski definition) is 2. The lowest BCUT2D eigenvalue weighted by atomic mass is 10.2. The van der Waals surface area contributed by atoms with Gasteiger partial charge in [0.25, 0.3) is 5.91 Å². The minimum atomic E-state index is -0.138. The largest absolute Gasteiger partial charge is 0.467 e. The molecule has 8 nitrogen and oxygen atoms in total. The fraction of sp³-hybridized carbons (Fsp3) is 0.450. The fourth-order valence-corrected chi connectivity index (χ4v) is 3.60. The van der Waals surface area contributed by atoms with Gasteiger partial charge < -0.3 is 24.1 Å². The highest BCUT2D eigenvalue weighted by atomic mass is 16.3. The highest BCUT2D eigenvalue weighted by Crippen LogP contribution is 2.27. The van der Waals surface area contributed by atoms with Gasteiger partial charge in [-0.05, 0) is 31.5 Å². The SMILES string of the molecule is CC(=O)N1CC[NH+](CC(=O)Nc2c(C#N)c(C)c(C)n2Cc2ccco2)CC1. The number of rotatable bonds is 5. The molecular weight excluding hydrogens is 358 g/mol. The molecule has 0 aromatic carbocycles. The Morgan fingerprint density at radius 2 is 2.04 bits per heavy atom. The van der Waals surface area contributed by atoms with Crippen LogP contribution in [0.2, 0.25) is 0 Å². The smallest absolute Gasteiger partial charge is 0.280 e. The number of anilines is 1. The third kappa shape index (κ3) is 4.10. The van der Waals surface area contributed by atoms with Gasteiger partial charge in [-0.15, -0.1) is 0 Å². The van der Waals surface area contributed by atoms with Crippen LogP contribution in [0.1, 0.15) is 29.5 Å². The van der Waals surface area contributed by atoms with Crippen LogP contribution in [-0.2, 0) is 16.1 Å². The Balaban J connectivity index is 1.72. The highest BCUT2D eigenvalue weighted by Gasteiger charge is 2.25. The zero-order chi connectivity index (χ0) is 20.3. The standard InChI is InChI=1S/C20H25N5O3/c1-14-15(2)25(12-17-5-4-10-28-17)20(18(14)11-21)22-19(27)13-23-6-8-24(9-7-23)16(3)26/h4-5,10H,6-9,12-13H2,1-3H3,(H,22,27)/p+1. The normalized spacial score (nSPS) is 14.7. The quantitative estimate of drug-likeness (QED) is 0.775. The molecular formula is C20H26N5O3+. The summed E-state index contributed by atoms with van der Waals surface area (Å²) in [6.45, 7) is 8.94. The van der Waals surface area contributed by atoms with E-state index >= 15 is 0 Å². The second-order valence-corrected chi connectivity index (χ2v) is 7.19. The van der Waals surface area contributed by atoms with Crippen LogP contribution < -0.4 is 10.2 Å². The fourth-order valence-electron chi connectivity index (χ4n) is 3.60. The lowest BCUT2D eigenvalue weighted by Gasteiger charge is -2.31. The Hall–Kier alpha value is -3.05. The zero-order valence-corrected chi connectivity index (χ0v) is 16.5. The minimum Gasteiger partial charge on any atom is -0.467 e. The molecule has 1 aliphatic rings. The number of carbonyl (C=O) groups excluding carboxylic acids is 2. The second kappa shape index (κ2) is 8.31. The molecule has 28 heavy (non-hydrogen) atoms. The maximum absolute atomic E-state index is 12.7. The van der Waals surface area contributed by atoms with E-state index in [2.05, 4.69) is 11.4 Å². The first-order chi connectivity index (χ1) is 13.4. The van der Waals surface area contributed by atoms with Gasteiger partial charge in [-0.3, -0.25) is 9.59 Å². The molecule has 2 aromatic rings. The van der Waals surface area contributed by atoms with Gasteiger partial charge in [-0.1, -0.05) is 0 Å². The number of nitrogens with one attached hydrogen (secondary N) is 2. The molecule has 1 fully saturated rings. The molecule has 1 saturated heterocycles. The maximum atomic E-state index is 12.7. The molecule has 3 heterocycles. The van der Waals surface area contributed by atoms with Gasteiger partial charge in [0.05, 0.1) is 44.6 Å². The first-order valence-electron chi connectivity index (χ1n) is 9.41. The molecule has 148 valence electrons. The molecule has 3 rings (SSSR count). The molecule has 0 spiro atoms. The van der Waals surface area contributed by atoms with Crippen molar-refractivity contribution in [1.29, 1.82) is 5.26 Å². The van der Waals surface area contributed by atoms with Crippen molar-refractivity contribution in [3.8, 4) is 6.07 Å². The summed E-state index contributed by atoms with van der Waals surface area (Å²) in [7, 11) is 0. The lowest BCUT2D eigenvalue weighted by Crippen LogP contribution is -3.15. The Kier molecular flexibility index (Phi) is 5.85. The molecule has 8 heteroatoms. The van der Waals surface area contributed by atoms with Gasteiger partial charge >= 0.3 is 0 Å². The van der Waals surface area contributed by atoms with E-state index in [0.717, 1.165) is 35.0 Å². The van der Waals surface area contributed by atoms with Crippen LogP contribution in [0.5, 0.6) is 0 Å². The Morgan fingerprint density at radius 1 is 1.32 bits per heavy atom. The predicted octanol–water partition coefficient (Wildman–Crippen LogP) is 0.303. The summed E-state index contributed by atoms with van der Waals surface area (Å²) in [4.78, 5) is 27.1. The van der Waals surface area contributed by atoms with Gasteiger partial charge in [-0.25, -0.2) is 0 Å². The topological polar surface area (TPSA) is 95.7 Å². The third-order valence-corrected chi connectivity index (χ3v) is 5.42. The maximum Gasteiger partial charge on any atom is 0.280 e. The number of furan rings is 1. The van der Waals surface area contributed by atoms with E-state index < -0.39 is 0 Å². The summed E-state index contributed by atoms with van der Waals surface area (Å²) in [5.41, 5.74) is 2.26. The van der Waals surface area contributed by atoms with E-state index in [1.165, 1.54) is 0 Å². The van der Waals surface area contributed by atoms with Crippen molar-refractivity contribution < 1.29 is 18.9 Å². The van der Waals surface area contributed by atoms with Gasteiger partial charge in [0.1, 0.15) is 17.6 Å². The van der Waals surface area contributed by atoms with Crippen LogP contribution >= 0.6 is 0 Å². The molecule has 0 aliphatic carbocycles. The Morgan fingerprint density at radius 3 is 2.61 bits per heavy atom. The predicted molar refractivity (Wildman–Crippen MR) is 103 cm³/mol. The molecule has 0 radical (unpaired) electrons. The summed E-state index contributed by atoms with van der Waals surface area (Å²) in [5.74, 6) is 1.20. The average molecular weight is 384 g/mol. The van der Waals surface area contributed by atoms with Crippen molar-refractivity contribution >= 4 is 17.6 Å². The van der Waals surface area contributed by atoms with Gasteiger partial charge in [0, 0.05) is 12.6 Å². The molecule has 0 atom stereocenters. The first-order valence-corrected chi connectivity index (χ1v) is 9.41. The van der Waals surface area contributed by atoms with Crippen LogP contribution in [0.25, 0.3) is 0 Å². The van der Waals surface area contributed by atoms with Crippen LogP contribution in [0.4, 0.5) is 5.82 Å². The number of amides is 2. The summed E-state index contributed by atoms with van der Waals surface area (Å²) >= 11 is 0. The van der Waals surface area contributed by atoms with E-state index in [0.29, 0.717) is 37.6 Å². The third-order valence-electron chi connectivity index (χ3n) is 5.42. The monoisotopic (exact) mass is 384 g/mol. The molecule has 2 aromatic heterocycles. The van der Waals surface area contributed by atoms with E-state index in [1.54, 1.807) is 18.1 Å². The van der Waals surface area contributed by atoms with Crippen molar-refractivity contribution in [3.05, 3.63) is 41.0 Å². The molecule has 2 amide bonds. The number of aromatic nitrogens is 1. The van der Waals surface area contributed by atoms with Crippen LogP contribution in [0.15, 0.2) is 22.8 Å². The van der Waals surface area contributed by atoms with Crippen LogP contribution in [0.3, 0.4) is 0 Å². The molecule has 0 bridgehead atoms. The summed E-state index contributed by atoms with van der Waals surface area (Å²) in [5, 5.41) is 12.5. The highest BCUT2D eigenvalue weighted by molar-refractivity contribution is 5.92. The average Bonchev–Trinajstić information content (AvgIpc) is 3.25. The van der Waals surface area contributed by atoms with E-state index in [1.807, 2.05) is 30.5 Å². The Bertz CT molecular complexity index is 899. The first kappa shape index (κ1) is 19.7. The van der Waals surface area contributed by atoms with Gasteiger partial charge in [0.15, 0.2) is 6.54 Å². The van der Waals surface area contributed by atoms with E-state index in [9.17, 15) is 14.9 Å². The Labute approximate surface area is 164 Å². The number of hydrogen-bond acceptors (Lipinski definition) is 4. The van der Waals surface area contributed by atoms with Crippen molar-refractivity contribution in [2.75, 3.05) is 38.0 Å². The van der Waals surface area contributed by atoms with Gasteiger partial charge in [0.2, 0.25) is 5.91 Å². The number of nitrogens with zero attached hydrogens (tertiary/aromatic N) is 3. The summed E-state index contributed by atoms with van der Waals surface area (Å²) in [6.07, 6.45) is 1.61. The summed E-state index contributed by atoms with van der Waals surface area (Å²) in [6, 6.07) is 5.90. The zero-order valence-electron chi connectivity index (χ0n) is 16.5. The van der Waals surface area contributed by atoms with Crippen LogP contribution in [0, 0.1) is 25.2 Å². The lowest BCUT2D eigenvalue weighted by molar-refractivity contribution is -0.895. The van der Waals surface area contributed by atoms with Crippen molar-refractivity contribution in [2.45, 2.75) is 27.3 Å². The van der Waals surface area contributed by atoms with Crippen molar-refractivity contribution in [2.24, 2.45) is 0 Å². The number of piperazine rings is 1. The van der Waals surface area contributed by atoms with Crippen molar-refractivity contribution in [1.82, 2.24) is 9.47 Å². The van der Waals surface area contributed by atoms with Gasteiger partial charge in [-0.2, -0.15) is 5.26 Å². The minimum absolute atomic E-state index is 0.0730. The molecule has 0 saturated carbocycles. The second-order valence-electron chi connectivity index (χ2n) is 7.19. The number of quaternary nitrogens is 1. The van der Waals surface area contributed by atoms with Crippen LogP contribution in [-0.4, -0.2) is 54.0 Å². The molecule has 2 N–H and O–H groups in total. The van der Waals surface area contributed by atoms with E-state index in [4.69, 9.17) is 4.42 Å².